The minimum atomic E-state index is 0.676. The molecule has 3 aromatic heterocycles. The number of para-hydroxylation sites is 1. The van der Waals surface area contributed by atoms with E-state index in [2.05, 4.69) is 109 Å². The first kappa shape index (κ1) is 27.0. The van der Waals surface area contributed by atoms with Crippen LogP contribution in [-0.4, -0.2) is 15.0 Å². The maximum atomic E-state index is 6.63. The van der Waals surface area contributed by atoms with Crippen molar-refractivity contribution in [3.8, 4) is 56.3 Å². The number of nitrogens with zero attached hydrogens (tertiary/aromatic N) is 3. The van der Waals surface area contributed by atoms with E-state index >= 15 is 0 Å². The highest BCUT2D eigenvalue weighted by molar-refractivity contribution is 6.22. The predicted molar refractivity (Wildman–Crippen MR) is 192 cm³/mol. The summed E-state index contributed by atoms with van der Waals surface area (Å²) in [5.74, 6) is 0.676. The Bertz CT molecular complexity index is 2480. The molecule has 0 amide bonds. The minimum absolute atomic E-state index is 0.676. The van der Waals surface area contributed by atoms with Crippen molar-refractivity contribution in [3.05, 3.63) is 164 Å². The normalized spacial score (nSPS) is 11.4. The van der Waals surface area contributed by atoms with Gasteiger partial charge in [0.15, 0.2) is 5.82 Å². The van der Waals surface area contributed by atoms with Crippen LogP contribution in [0.15, 0.2) is 168 Å². The van der Waals surface area contributed by atoms with Crippen LogP contribution in [0.3, 0.4) is 0 Å². The second-order valence-electron chi connectivity index (χ2n) is 11.6. The molecular formula is C43H27N3O. The lowest BCUT2D eigenvalue weighted by molar-refractivity contribution is 0.672. The Hall–Kier alpha value is -6.39. The van der Waals surface area contributed by atoms with Crippen LogP contribution in [0, 0.1) is 0 Å². The van der Waals surface area contributed by atoms with Crippen LogP contribution in [0.1, 0.15) is 0 Å². The largest absolute Gasteiger partial charge is 0.455 e. The van der Waals surface area contributed by atoms with E-state index in [1.54, 1.807) is 0 Å². The summed E-state index contributed by atoms with van der Waals surface area (Å²) >= 11 is 0. The zero-order valence-corrected chi connectivity index (χ0v) is 25.3. The zero-order chi connectivity index (χ0) is 31.2. The molecule has 0 spiro atoms. The third-order valence-corrected chi connectivity index (χ3v) is 8.70. The molecule has 9 rings (SSSR count). The number of aromatic nitrogens is 3. The first-order valence-corrected chi connectivity index (χ1v) is 15.7. The Morgan fingerprint density at radius 1 is 0.404 bits per heavy atom. The molecule has 0 bridgehead atoms. The summed E-state index contributed by atoms with van der Waals surface area (Å²) in [6, 6.07) is 55.9. The van der Waals surface area contributed by atoms with Crippen LogP contribution in [-0.2, 0) is 0 Å². The average molecular weight is 602 g/mol. The fraction of sp³-hybridized carbons (Fsp3) is 0. The van der Waals surface area contributed by atoms with Crippen molar-refractivity contribution in [2.75, 3.05) is 0 Å². The number of benzene rings is 6. The molecule has 0 fully saturated rings. The van der Waals surface area contributed by atoms with Gasteiger partial charge in [-0.25, -0.2) is 15.0 Å². The quantitative estimate of drug-likeness (QED) is 0.197. The fourth-order valence-electron chi connectivity index (χ4n) is 6.44. The Labute approximate surface area is 271 Å². The summed E-state index contributed by atoms with van der Waals surface area (Å²) in [5, 5.41) is 3.08. The monoisotopic (exact) mass is 601 g/mol. The maximum absolute atomic E-state index is 6.63. The van der Waals surface area contributed by atoms with Crippen LogP contribution >= 0.6 is 0 Å². The highest BCUT2D eigenvalue weighted by Gasteiger charge is 2.20. The maximum Gasteiger partial charge on any atom is 0.160 e. The van der Waals surface area contributed by atoms with Gasteiger partial charge in [-0.15, -0.1) is 0 Å². The van der Waals surface area contributed by atoms with Crippen molar-refractivity contribution in [2.24, 2.45) is 0 Å². The summed E-state index contributed by atoms with van der Waals surface area (Å²) in [7, 11) is 0. The third kappa shape index (κ3) is 4.75. The van der Waals surface area contributed by atoms with Crippen LogP contribution in [0.25, 0.3) is 89.1 Å². The number of hydrogen-bond acceptors (Lipinski definition) is 4. The van der Waals surface area contributed by atoms with Crippen LogP contribution in [0.2, 0.25) is 0 Å². The van der Waals surface area contributed by atoms with Gasteiger partial charge in [0, 0.05) is 27.6 Å². The molecule has 0 N–H and O–H groups in total. The molecule has 220 valence electrons. The number of fused-ring (bicyclic) bond motifs is 5. The van der Waals surface area contributed by atoms with E-state index in [4.69, 9.17) is 19.4 Å². The zero-order valence-electron chi connectivity index (χ0n) is 25.3. The van der Waals surface area contributed by atoms with Gasteiger partial charge in [-0.1, -0.05) is 146 Å². The summed E-state index contributed by atoms with van der Waals surface area (Å²) < 4.78 is 6.63. The lowest BCUT2D eigenvalue weighted by atomic mass is 9.96. The Kier molecular flexibility index (Phi) is 6.43. The Morgan fingerprint density at radius 2 is 0.979 bits per heavy atom. The molecule has 6 aromatic carbocycles. The SMILES string of the molecule is c1ccc(-c2cc(-c3ccccc3)nc(-c3ccc(-c4nc5cccc(-c6ccccc6)c5c5oc6ccccc6c45)cc3)n2)cc1. The molecule has 0 aliphatic rings. The summed E-state index contributed by atoms with van der Waals surface area (Å²) in [4.78, 5) is 15.3. The Balaban J connectivity index is 1.22. The van der Waals surface area contributed by atoms with Gasteiger partial charge in [-0.3, -0.25) is 0 Å². The third-order valence-electron chi connectivity index (χ3n) is 8.70. The van der Waals surface area contributed by atoms with E-state index in [-0.39, 0.29) is 0 Å². The van der Waals surface area contributed by atoms with Crippen molar-refractivity contribution in [1.82, 2.24) is 15.0 Å². The van der Waals surface area contributed by atoms with Crippen molar-refractivity contribution < 1.29 is 4.42 Å². The van der Waals surface area contributed by atoms with Crippen LogP contribution in [0.5, 0.6) is 0 Å². The lowest BCUT2D eigenvalue weighted by Crippen LogP contribution is -1.96. The van der Waals surface area contributed by atoms with E-state index in [1.165, 1.54) is 0 Å². The second-order valence-corrected chi connectivity index (χ2v) is 11.6. The predicted octanol–water partition coefficient (Wildman–Crippen LogP) is 11.3. The summed E-state index contributed by atoms with van der Waals surface area (Å²) in [5.41, 5.74) is 11.5. The molecule has 0 saturated carbocycles. The molecular weight excluding hydrogens is 574 g/mol. The number of rotatable bonds is 5. The van der Waals surface area contributed by atoms with Crippen molar-refractivity contribution in [1.29, 1.82) is 0 Å². The van der Waals surface area contributed by atoms with Gasteiger partial charge < -0.3 is 4.42 Å². The van der Waals surface area contributed by atoms with Crippen molar-refractivity contribution >= 4 is 32.8 Å². The highest BCUT2D eigenvalue weighted by atomic mass is 16.3. The topological polar surface area (TPSA) is 51.8 Å². The van der Waals surface area contributed by atoms with E-state index < -0.39 is 0 Å². The number of pyridine rings is 1. The van der Waals surface area contributed by atoms with Crippen molar-refractivity contribution in [3.63, 3.8) is 0 Å². The molecule has 0 atom stereocenters. The molecule has 4 heteroatoms. The van der Waals surface area contributed by atoms with Crippen LogP contribution < -0.4 is 0 Å². The van der Waals surface area contributed by atoms with Crippen molar-refractivity contribution in [2.45, 2.75) is 0 Å². The van der Waals surface area contributed by atoms with E-state index in [9.17, 15) is 0 Å². The molecule has 0 aliphatic carbocycles. The summed E-state index contributed by atoms with van der Waals surface area (Å²) in [6.07, 6.45) is 0. The standard InChI is InChI=1S/C43H27N3O/c1-4-13-28(14-5-1)33-20-12-21-35-39(33)42-40(34-19-10-11-22-38(34)47-42)41(44-35)31-23-25-32(26-24-31)43-45-36(29-15-6-2-7-16-29)27-37(46-43)30-17-8-3-9-18-30/h1-27H. The van der Waals surface area contributed by atoms with Gasteiger partial charge >= 0.3 is 0 Å². The van der Waals surface area contributed by atoms with Gasteiger partial charge in [0.1, 0.15) is 11.2 Å². The molecule has 4 nitrogen and oxygen atoms in total. The highest BCUT2D eigenvalue weighted by Crippen LogP contribution is 2.42. The smallest absolute Gasteiger partial charge is 0.160 e. The lowest BCUT2D eigenvalue weighted by Gasteiger charge is -2.12. The van der Waals surface area contributed by atoms with E-state index in [0.29, 0.717) is 5.82 Å². The van der Waals surface area contributed by atoms with E-state index in [0.717, 1.165) is 83.3 Å². The van der Waals surface area contributed by atoms with Gasteiger partial charge in [0.05, 0.1) is 33.4 Å². The molecule has 47 heavy (non-hydrogen) atoms. The van der Waals surface area contributed by atoms with Gasteiger partial charge in [-0.05, 0) is 29.3 Å². The molecule has 0 radical (unpaired) electrons. The number of furan rings is 1. The molecule has 0 saturated heterocycles. The molecule has 3 heterocycles. The molecule has 0 unspecified atom stereocenters. The van der Waals surface area contributed by atoms with Gasteiger partial charge in [0.25, 0.3) is 0 Å². The first-order chi connectivity index (χ1) is 23.3. The second kappa shape index (κ2) is 11.2. The number of hydrogen-bond donors (Lipinski definition) is 0. The van der Waals surface area contributed by atoms with Crippen LogP contribution in [0.4, 0.5) is 0 Å². The molecule has 0 aliphatic heterocycles. The van der Waals surface area contributed by atoms with E-state index in [1.807, 2.05) is 54.6 Å². The first-order valence-electron chi connectivity index (χ1n) is 15.7. The summed E-state index contributed by atoms with van der Waals surface area (Å²) in [6.45, 7) is 0. The fourth-order valence-corrected chi connectivity index (χ4v) is 6.44. The Morgan fingerprint density at radius 3 is 1.64 bits per heavy atom. The van der Waals surface area contributed by atoms with Gasteiger partial charge in [0.2, 0.25) is 0 Å². The van der Waals surface area contributed by atoms with Gasteiger partial charge in [-0.2, -0.15) is 0 Å². The average Bonchev–Trinajstić information content (AvgIpc) is 3.55. The minimum Gasteiger partial charge on any atom is -0.455 e. The molecule has 9 aromatic rings.